The van der Waals surface area contributed by atoms with Gasteiger partial charge in [0.25, 0.3) is 0 Å². The Morgan fingerprint density at radius 3 is 3.12 bits per heavy atom. The van der Waals surface area contributed by atoms with Crippen molar-refractivity contribution in [1.82, 2.24) is 10.3 Å². The number of allylic oxidation sites excluding steroid dienone is 1. The van der Waals surface area contributed by atoms with Gasteiger partial charge in [-0.05, 0) is 48.9 Å². The number of fused-ring (bicyclic) bond motifs is 1. The van der Waals surface area contributed by atoms with E-state index >= 15 is 0 Å². The molecular weight excluding hydrogens is 220 g/mol. The normalized spacial score (nSPS) is 28.7. The highest BCUT2D eigenvalue weighted by Crippen LogP contribution is 2.36. The Hall–Kier alpha value is -0.860. The molecule has 0 saturated carbocycles. The lowest BCUT2D eigenvalue weighted by atomic mass is 9.82. The predicted octanol–water partition coefficient (Wildman–Crippen LogP) is 2.89. The summed E-state index contributed by atoms with van der Waals surface area (Å²) in [5.74, 6) is 0.805. The molecule has 0 aromatic carbocycles. The third kappa shape index (κ3) is 1.76. The summed E-state index contributed by atoms with van der Waals surface area (Å²) < 4.78 is 0. The van der Waals surface area contributed by atoms with Crippen molar-refractivity contribution in [3.8, 4) is 0 Å². The van der Waals surface area contributed by atoms with Crippen molar-refractivity contribution < 1.29 is 0 Å². The average molecular weight is 235 g/mol. The Balaban J connectivity index is 1.96. The molecule has 1 saturated heterocycles. The van der Waals surface area contributed by atoms with Crippen LogP contribution in [0.2, 0.25) is 5.02 Å². The second-order valence-electron chi connectivity index (χ2n) is 4.61. The zero-order valence-corrected chi connectivity index (χ0v) is 9.87. The highest BCUT2D eigenvalue weighted by molar-refractivity contribution is 6.30. The van der Waals surface area contributed by atoms with Gasteiger partial charge < -0.3 is 5.32 Å². The van der Waals surface area contributed by atoms with Crippen molar-refractivity contribution in [3.63, 3.8) is 0 Å². The van der Waals surface area contributed by atoms with Crippen molar-refractivity contribution in [2.75, 3.05) is 6.54 Å². The number of pyridine rings is 1. The SMILES string of the molecule is Clc1cncc(C2=CCC[C@@H]3CCN[C@H]23)c1. The Labute approximate surface area is 101 Å². The molecule has 3 heteroatoms. The van der Waals surface area contributed by atoms with E-state index in [4.69, 9.17) is 11.6 Å². The third-order valence-electron chi connectivity index (χ3n) is 3.63. The molecule has 0 amide bonds. The molecule has 2 atom stereocenters. The van der Waals surface area contributed by atoms with Crippen LogP contribution >= 0.6 is 11.6 Å². The molecule has 2 aliphatic rings. The van der Waals surface area contributed by atoms with Crippen molar-refractivity contribution in [2.24, 2.45) is 5.92 Å². The summed E-state index contributed by atoms with van der Waals surface area (Å²) in [6.45, 7) is 1.14. The topological polar surface area (TPSA) is 24.9 Å². The van der Waals surface area contributed by atoms with E-state index in [0.717, 1.165) is 17.5 Å². The number of nitrogens with one attached hydrogen (secondary N) is 1. The van der Waals surface area contributed by atoms with Crippen LogP contribution in [0.3, 0.4) is 0 Å². The minimum absolute atomic E-state index is 0.522. The Morgan fingerprint density at radius 2 is 2.25 bits per heavy atom. The van der Waals surface area contributed by atoms with Gasteiger partial charge in [0.1, 0.15) is 0 Å². The predicted molar refractivity (Wildman–Crippen MR) is 66.4 cm³/mol. The standard InChI is InChI=1S/C13H15ClN2/c14-11-6-10(7-15-8-11)12-3-1-2-9-4-5-16-13(9)12/h3,6-9,13,16H,1-2,4-5H2/t9-,13+/m1/s1. The number of aromatic nitrogens is 1. The molecule has 2 heterocycles. The van der Waals surface area contributed by atoms with Crippen LogP contribution in [0.4, 0.5) is 0 Å². The largest absolute Gasteiger partial charge is 0.310 e. The second kappa shape index (κ2) is 4.19. The Morgan fingerprint density at radius 1 is 1.31 bits per heavy atom. The molecule has 1 aliphatic carbocycles. The first-order chi connectivity index (χ1) is 7.84. The lowest BCUT2D eigenvalue weighted by molar-refractivity contribution is 0.470. The van der Waals surface area contributed by atoms with E-state index in [0.29, 0.717) is 6.04 Å². The molecular formula is C13H15ClN2. The Bertz CT molecular complexity index is 428. The van der Waals surface area contributed by atoms with Gasteiger partial charge in [-0.2, -0.15) is 0 Å². The fourth-order valence-corrected chi connectivity index (χ4v) is 3.05. The van der Waals surface area contributed by atoms with E-state index in [1.165, 1.54) is 30.4 Å². The van der Waals surface area contributed by atoms with Gasteiger partial charge in [0.2, 0.25) is 0 Å². The van der Waals surface area contributed by atoms with E-state index in [1.54, 1.807) is 6.20 Å². The third-order valence-corrected chi connectivity index (χ3v) is 3.83. The quantitative estimate of drug-likeness (QED) is 0.808. The van der Waals surface area contributed by atoms with Crippen LogP contribution in [0, 0.1) is 5.92 Å². The number of rotatable bonds is 1. The molecule has 1 aliphatic heterocycles. The maximum atomic E-state index is 6.00. The fourth-order valence-electron chi connectivity index (χ4n) is 2.88. The molecule has 0 spiro atoms. The first-order valence-electron chi connectivity index (χ1n) is 5.89. The van der Waals surface area contributed by atoms with E-state index in [-0.39, 0.29) is 0 Å². The van der Waals surface area contributed by atoms with Crippen LogP contribution in [0.25, 0.3) is 5.57 Å². The molecule has 0 radical (unpaired) electrons. The van der Waals surface area contributed by atoms with Crippen molar-refractivity contribution in [2.45, 2.75) is 25.3 Å². The van der Waals surface area contributed by atoms with Crippen LogP contribution in [-0.4, -0.2) is 17.6 Å². The summed E-state index contributed by atoms with van der Waals surface area (Å²) in [6, 6.07) is 2.54. The highest BCUT2D eigenvalue weighted by atomic mass is 35.5. The van der Waals surface area contributed by atoms with Gasteiger partial charge in [0.05, 0.1) is 5.02 Å². The summed E-state index contributed by atoms with van der Waals surface area (Å²) in [5, 5.41) is 4.31. The monoisotopic (exact) mass is 234 g/mol. The molecule has 0 bridgehead atoms. The van der Waals surface area contributed by atoms with E-state index < -0.39 is 0 Å². The van der Waals surface area contributed by atoms with E-state index in [1.807, 2.05) is 12.3 Å². The molecule has 16 heavy (non-hydrogen) atoms. The number of halogens is 1. The van der Waals surface area contributed by atoms with Crippen LogP contribution in [0.5, 0.6) is 0 Å². The number of nitrogens with zero attached hydrogens (tertiary/aromatic N) is 1. The average Bonchev–Trinajstić information content (AvgIpc) is 2.76. The Kier molecular flexibility index (Phi) is 2.70. The summed E-state index contributed by atoms with van der Waals surface area (Å²) >= 11 is 6.00. The van der Waals surface area contributed by atoms with Gasteiger partial charge in [-0.1, -0.05) is 17.7 Å². The molecule has 2 nitrogen and oxygen atoms in total. The second-order valence-corrected chi connectivity index (χ2v) is 5.05. The fraction of sp³-hybridized carbons (Fsp3) is 0.462. The molecule has 1 aromatic rings. The number of hydrogen-bond donors (Lipinski definition) is 1. The van der Waals surface area contributed by atoms with Gasteiger partial charge in [0, 0.05) is 18.4 Å². The summed E-state index contributed by atoms with van der Waals surface area (Å²) in [6.07, 6.45) is 9.75. The molecule has 1 N–H and O–H groups in total. The van der Waals surface area contributed by atoms with Gasteiger partial charge in [-0.25, -0.2) is 0 Å². The van der Waals surface area contributed by atoms with E-state index in [9.17, 15) is 0 Å². The van der Waals surface area contributed by atoms with Crippen LogP contribution in [0.15, 0.2) is 24.5 Å². The summed E-state index contributed by atoms with van der Waals surface area (Å²) in [5.41, 5.74) is 2.57. The molecule has 84 valence electrons. The van der Waals surface area contributed by atoms with Crippen molar-refractivity contribution in [3.05, 3.63) is 35.1 Å². The maximum absolute atomic E-state index is 6.00. The van der Waals surface area contributed by atoms with Gasteiger partial charge >= 0.3 is 0 Å². The van der Waals surface area contributed by atoms with E-state index in [2.05, 4.69) is 16.4 Å². The highest BCUT2D eigenvalue weighted by Gasteiger charge is 2.32. The first kappa shape index (κ1) is 10.3. The zero-order valence-electron chi connectivity index (χ0n) is 9.12. The number of hydrogen-bond acceptors (Lipinski definition) is 2. The molecule has 0 unspecified atom stereocenters. The molecule has 1 fully saturated rings. The maximum Gasteiger partial charge on any atom is 0.0595 e. The first-order valence-corrected chi connectivity index (χ1v) is 6.27. The molecule has 3 rings (SSSR count). The van der Waals surface area contributed by atoms with Crippen LogP contribution in [0.1, 0.15) is 24.8 Å². The van der Waals surface area contributed by atoms with Crippen molar-refractivity contribution >= 4 is 17.2 Å². The zero-order chi connectivity index (χ0) is 11.0. The lowest BCUT2D eigenvalue weighted by Gasteiger charge is -2.27. The minimum atomic E-state index is 0.522. The van der Waals surface area contributed by atoms with Gasteiger partial charge in [0.15, 0.2) is 0 Å². The van der Waals surface area contributed by atoms with Gasteiger partial charge in [-0.3, -0.25) is 4.98 Å². The smallest absolute Gasteiger partial charge is 0.0595 e. The van der Waals surface area contributed by atoms with Gasteiger partial charge in [-0.15, -0.1) is 0 Å². The summed E-state index contributed by atoms with van der Waals surface area (Å²) in [4.78, 5) is 4.17. The minimum Gasteiger partial charge on any atom is -0.310 e. The lowest BCUT2D eigenvalue weighted by Crippen LogP contribution is -2.30. The van der Waals surface area contributed by atoms with Crippen LogP contribution in [-0.2, 0) is 0 Å². The van der Waals surface area contributed by atoms with Crippen LogP contribution < -0.4 is 5.32 Å². The molecule has 1 aromatic heterocycles. The van der Waals surface area contributed by atoms with Crippen molar-refractivity contribution in [1.29, 1.82) is 0 Å². The summed E-state index contributed by atoms with van der Waals surface area (Å²) in [7, 11) is 0.